The highest BCUT2D eigenvalue weighted by molar-refractivity contribution is 5.66. The Morgan fingerprint density at radius 1 is 1.67 bits per heavy atom. The second kappa shape index (κ2) is 5.53. The Kier molecular flexibility index (Phi) is 5.15. The maximum absolute atomic E-state index is 9.87. The van der Waals surface area contributed by atoms with Gasteiger partial charge in [0.2, 0.25) is 0 Å². The Labute approximate surface area is 53.3 Å². The van der Waals surface area contributed by atoms with Crippen LogP contribution in [0.2, 0.25) is 0 Å². The molecular weight excluding hydrogens is 124 g/mol. The summed E-state index contributed by atoms with van der Waals surface area (Å²) in [5.74, 6) is -0.810. The zero-order valence-corrected chi connectivity index (χ0v) is 5.29. The summed E-state index contributed by atoms with van der Waals surface area (Å²) in [6.45, 7) is 0.336. The van der Waals surface area contributed by atoms with Gasteiger partial charge in [-0.3, -0.25) is 4.79 Å². The molecule has 0 bridgehead atoms. The number of aliphatic carboxylic acids is 1. The third kappa shape index (κ3) is 7.39. The van der Waals surface area contributed by atoms with E-state index in [1.54, 1.807) is 0 Å². The number of rotatable bonds is 5. The van der Waals surface area contributed by atoms with E-state index in [0.29, 0.717) is 13.0 Å². The molecule has 1 N–H and O–H groups in total. The van der Waals surface area contributed by atoms with E-state index in [9.17, 15) is 4.79 Å². The molecule has 0 aromatic carbocycles. The Morgan fingerprint density at radius 2 is 2.33 bits per heavy atom. The molecule has 0 fully saturated rings. The zero-order valence-electron chi connectivity index (χ0n) is 5.29. The number of carboxylic acids is 1. The van der Waals surface area contributed by atoms with Crippen molar-refractivity contribution in [1.82, 2.24) is 0 Å². The van der Waals surface area contributed by atoms with Crippen LogP contribution in [0.3, 0.4) is 0 Å². The molecule has 0 aliphatic heterocycles. The molecule has 0 saturated heterocycles. The third-order valence-electron chi connectivity index (χ3n) is 0.736. The molecule has 4 nitrogen and oxygen atoms in total. The normalized spacial score (nSPS) is 9.44. The van der Waals surface area contributed by atoms with E-state index in [1.807, 2.05) is 0 Å². The van der Waals surface area contributed by atoms with Gasteiger partial charge in [-0.05, 0) is 6.42 Å². The summed E-state index contributed by atoms with van der Waals surface area (Å²) < 4.78 is 0. The molecule has 0 saturated carbocycles. The molecular formula is C5H10O4. The fourth-order valence-corrected chi connectivity index (χ4v) is 0.366. The molecule has 0 atom stereocenters. The lowest BCUT2D eigenvalue weighted by molar-refractivity contribution is -0.272. The second-order valence-corrected chi connectivity index (χ2v) is 1.49. The number of hydrogen-bond acceptors (Lipinski definition) is 3. The SMILES string of the molecule is COOCCCC(=O)O. The smallest absolute Gasteiger partial charge is 0.303 e. The van der Waals surface area contributed by atoms with Crippen molar-refractivity contribution in [2.45, 2.75) is 12.8 Å². The maximum atomic E-state index is 9.87. The van der Waals surface area contributed by atoms with E-state index >= 15 is 0 Å². The monoisotopic (exact) mass is 134 g/mol. The summed E-state index contributed by atoms with van der Waals surface area (Å²) in [4.78, 5) is 18.5. The lowest BCUT2D eigenvalue weighted by atomic mass is 10.3. The van der Waals surface area contributed by atoms with Gasteiger partial charge in [0.25, 0.3) is 0 Å². The Hall–Kier alpha value is -0.610. The minimum Gasteiger partial charge on any atom is -0.481 e. The van der Waals surface area contributed by atoms with Crippen molar-refractivity contribution in [2.24, 2.45) is 0 Å². The molecule has 0 unspecified atom stereocenters. The maximum Gasteiger partial charge on any atom is 0.303 e. The average molecular weight is 134 g/mol. The highest BCUT2D eigenvalue weighted by atomic mass is 17.2. The van der Waals surface area contributed by atoms with Gasteiger partial charge in [0.05, 0.1) is 13.7 Å². The lowest BCUT2D eigenvalue weighted by Gasteiger charge is -1.95. The molecule has 0 radical (unpaired) electrons. The highest BCUT2D eigenvalue weighted by Gasteiger charge is 1.94. The first-order valence-electron chi connectivity index (χ1n) is 2.64. The third-order valence-corrected chi connectivity index (χ3v) is 0.736. The van der Waals surface area contributed by atoms with Crippen LogP contribution in [-0.2, 0) is 14.6 Å². The van der Waals surface area contributed by atoms with Crippen LogP contribution in [0.4, 0.5) is 0 Å². The van der Waals surface area contributed by atoms with E-state index in [-0.39, 0.29) is 6.42 Å². The second-order valence-electron chi connectivity index (χ2n) is 1.49. The fraction of sp³-hybridized carbons (Fsp3) is 0.800. The van der Waals surface area contributed by atoms with Crippen LogP contribution >= 0.6 is 0 Å². The van der Waals surface area contributed by atoms with Gasteiger partial charge in [0.15, 0.2) is 0 Å². The van der Waals surface area contributed by atoms with E-state index in [1.165, 1.54) is 7.11 Å². The minimum absolute atomic E-state index is 0.128. The molecule has 4 heteroatoms. The van der Waals surface area contributed by atoms with Crippen LogP contribution in [0.25, 0.3) is 0 Å². The summed E-state index contributed by atoms with van der Waals surface area (Å²) in [6.07, 6.45) is 0.618. The average Bonchev–Trinajstić information content (AvgIpc) is 1.80. The minimum atomic E-state index is -0.810. The molecule has 0 aliphatic carbocycles. The van der Waals surface area contributed by atoms with Crippen molar-refractivity contribution in [3.63, 3.8) is 0 Å². The Bertz CT molecular complexity index is 81.0. The number of carboxylic acid groups (broad SMARTS) is 1. The van der Waals surface area contributed by atoms with Gasteiger partial charge in [-0.2, -0.15) is 0 Å². The Morgan fingerprint density at radius 3 is 2.78 bits per heavy atom. The van der Waals surface area contributed by atoms with Crippen LogP contribution in [0.5, 0.6) is 0 Å². The number of hydrogen-bond donors (Lipinski definition) is 1. The molecule has 0 amide bonds. The van der Waals surface area contributed by atoms with Crippen molar-refractivity contribution < 1.29 is 19.7 Å². The summed E-state index contributed by atoms with van der Waals surface area (Å²) in [5.41, 5.74) is 0. The van der Waals surface area contributed by atoms with Gasteiger partial charge in [0, 0.05) is 6.42 Å². The summed E-state index contributed by atoms with van der Waals surface area (Å²) >= 11 is 0. The largest absolute Gasteiger partial charge is 0.481 e. The molecule has 0 aliphatic rings. The zero-order chi connectivity index (χ0) is 7.11. The molecule has 0 aromatic rings. The van der Waals surface area contributed by atoms with E-state index in [2.05, 4.69) is 9.78 Å². The van der Waals surface area contributed by atoms with Crippen LogP contribution in [0, 0.1) is 0 Å². The predicted octanol–water partition coefficient (Wildman–Crippen LogP) is 0.429. The first kappa shape index (κ1) is 8.39. The van der Waals surface area contributed by atoms with Gasteiger partial charge in [-0.15, -0.1) is 0 Å². The van der Waals surface area contributed by atoms with Gasteiger partial charge >= 0.3 is 5.97 Å². The molecule has 0 aromatic heterocycles. The fourth-order valence-electron chi connectivity index (χ4n) is 0.366. The van der Waals surface area contributed by atoms with Crippen LogP contribution < -0.4 is 0 Å². The molecule has 54 valence electrons. The van der Waals surface area contributed by atoms with Gasteiger partial charge in [-0.1, -0.05) is 0 Å². The van der Waals surface area contributed by atoms with Gasteiger partial charge in [0.1, 0.15) is 0 Å². The van der Waals surface area contributed by atoms with Crippen LogP contribution in [0.1, 0.15) is 12.8 Å². The van der Waals surface area contributed by atoms with Crippen molar-refractivity contribution in [2.75, 3.05) is 13.7 Å². The van der Waals surface area contributed by atoms with E-state index in [0.717, 1.165) is 0 Å². The summed E-state index contributed by atoms with van der Waals surface area (Å²) in [6, 6.07) is 0. The topological polar surface area (TPSA) is 55.8 Å². The first-order chi connectivity index (χ1) is 4.27. The Balaban J connectivity index is 2.83. The summed E-state index contributed by atoms with van der Waals surface area (Å²) in [7, 11) is 1.39. The van der Waals surface area contributed by atoms with Crippen molar-refractivity contribution in [3.8, 4) is 0 Å². The lowest BCUT2D eigenvalue weighted by Crippen LogP contribution is -1.98. The van der Waals surface area contributed by atoms with E-state index in [4.69, 9.17) is 5.11 Å². The first-order valence-corrected chi connectivity index (χ1v) is 2.64. The van der Waals surface area contributed by atoms with Gasteiger partial charge in [-0.25, -0.2) is 9.78 Å². The number of carbonyl (C=O) groups is 1. The van der Waals surface area contributed by atoms with Crippen LogP contribution in [0.15, 0.2) is 0 Å². The van der Waals surface area contributed by atoms with Crippen LogP contribution in [-0.4, -0.2) is 24.8 Å². The quantitative estimate of drug-likeness (QED) is 0.336. The van der Waals surface area contributed by atoms with Gasteiger partial charge < -0.3 is 5.11 Å². The molecule has 0 spiro atoms. The van der Waals surface area contributed by atoms with E-state index < -0.39 is 5.97 Å². The summed E-state index contributed by atoms with van der Waals surface area (Å²) in [5, 5.41) is 8.12. The molecule has 0 heterocycles. The molecule has 9 heavy (non-hydrogen) atoms. The predicted molar refractivity (Wildman–Crippen MR) is 29.8 cm³/mol. The van der Waals surface area contributed by atoms with Crippen molar-refractivity contribution >= 4 is 5.97 Å². The van der Waals surface area contributed by atoms with Crippen molar-refractivity contribution in [1.29, 1.82) is 0 Å². The standard InChI is InChI=1S/C5H10O4/c1-8-9-4-2-3-5(6)7/h2-4H2,1H3,(H,6,7). The molecule has 0 rings (SSSR count). The highest BCUT2D eigenvalue weighted by Crippen LogP contribution is 1.88. The van der Waals surface area contributed by atoms with Crippen molar-refractivity contribution in [3.05, 3.63) is 0 Å².